The van der Waals surface area contributed by atoms with Gasteiger partial charge in [-0.05, 0) is 30.3 Å². The summed E-state index contributed by atoms with van der Waals surface area (Å²) in [6.45, 7) is 0. The topological polar surface area (TPSA) is 54.6 Å². The Morgan fingerprint density at radius 2 is 2.05 bits per heavy atom. The maximum Gasteiger partial charge on any atom is 0.307 e. The normalized spacial score (nSPS) is 11.2. The van der Waals surface area contributed by atoms with Gasteiger partial charge in [0.25, 0.3) is 0 Å². The molecule has 1 heterocycles. The molecule has 0 saturated heterocycles. The van der Waals surface area contributed by atoms with Gasteiger partial charge >= 0.3 is 5.91 Å². The van der Waals surface area contributed by atoms with Crippen LogP contribution in [0.25, 0.3) is 11.0 Å². The Balaban J connectivity index is 1.75. The van der Waals surface area contributed by atoms with Crippen molar-refractivity contribution in [3.8, 4) is 0 Å². The smallest absolute Gasteiger partial charge is 0.307 e. The summed E-state index contributed by atoms with van der Waals surface area (Å²) in [5.74, 6) is -0.239. The third kappa shape index (κ3) is 3.21. The lowest BCUT2D eigenvalue weighted by Gasteiger charge is -1.97. The molecule has 0 atom stereocenters. The maximum absolute atomic E-state index is 12.0. The van der Waals surface area contributed by atoms with Crippen molar-refractivity contribution in [1.29, 1.82) is 0 Å². The Kier molecular flexibility index (Phi) is 4.27. The van der Waals surface area contributed by atoms with E-state index < -0.39 is 5.91 Å². The second-order valence-corrected chi connectivity index (χ2v) is 5.80. The summed E-state index contributed by atoms with van der Waals surface area (Å²) >= 11 is 9.31. The quantitative estimate of drug-likeness (QED) is 0.535. The van der Waals surface area contributed by atoms with E-state index in [1.54, 1.807) is 30.5 Å². The average molecular weight is 378 g/mol. The fourth-order valence-corrected chi connectivity index (χ4v) is 2.49. The molecule has 0 aliphatic rings. The molecule has 0 spiro atoms. The van der Waals surface area contributed by atoms with Crippen molar-refractivity contribution in [2.45, 2.75) is 0 Å². The van der Waals surface area contributed by atoms with Crippen molar-refractivity contribution in [3.05, 3.63) is 69.3 Å². The van der Waals surface area contributed by atoms with Crippen molar-refractivity contribution in [1.82, 2.24) is 5.43 Å². The molecule has 110 valence electrons. The molecule has 0 bridgehead atoms. The first-order valence-electron chi connectivity index (χ1n) is 6.40. The largest absolute Gasteiger partial charge is 0.451 e. The van der Waals surface area contributed by atoms with E-state index in [-0.39, 0.29) is 5.76 Å². The van der Waals surface area contributed by atoms with Crippen LogP contribution in [0.15, 0.2) is 62.5 Å². The molecule has 1 amide bonds. The number of benzene rings is 2. The molecule has 0 unspecified atom stereocenters. The molecule has 3 aromatic rings. The third-order valence-corrected chi connectivity index (χ3v) is 3.93. The molecule has 0 aliphatic carbocycles. The number of hydrazone groups is 1. The number of carbonyl (C=O) groups excluding carboxylic acids is 1. The van der Waals surface area contributed by atoms with Crippen LogP contribution in [0, 0.1) is 0 Å². The Morgan fingerprint density at radius 1 is 1.23 bits per heavy atom. The lowest BCUT2D eigenvalue weighted by Crippen LogP contribution is -2.16. The molecule has 0 saturated carbocycles. The Morgan fingerprint density at radius 3 is 2.86 bits per heavy atom. The van der Waals surface area contributed by atoms with Crippen LogP contribution in [0.3, 0.4) is 0 Å². The van der Waals surface area contributed by atoms with E-state index in [0.29, 0.717) is 10.6 Å². The first-order chi connectivity index (χ1) is 10.6. The van der Waals surface area contributed by atoms with Gasteiger partial charge < -0.3 is 4.42 Å². The zero-order valence-corrected chi connectivity index (χ0v) is 13.6. The molecular formula is C16H10BrClN2O2. The average Bonchev–Trinajstić information content (AvgIpc) is 2.92. The van der Waals surface area contributed by atoms with Gasteiger partial charge in [-0.2, -0.15) is 5.10 Å². The highest BCUT2D eigenvalue weighted by Crippen LogP contribution is 2.23. The van der Waals surface area contributed by atoms with Crippen molar-refractivity contribution in [3.63, 3.8) is 0 Å². The Bertz CT molecular complexity index is 873. The SMILES string of the molecule is O=C(N/N=C/c1ccccc1Br)c1cc2cc(Cl)ccc2o1. The van der Waals surface area contributed by atoms with Gasteiger partial charge in [-0.25, -0.2) is 5.43 Å². The number of carbonyl (C=O) groups is 1. The number of halogens is 2. The second kappa shape index (κ2) is 6.34. The summed E-state index contributed by atoms with van der Waals surface area (Å²) in [4.78, 5) is 12.0. The van der Waals surface area contributed by atoms with Gasteiger partial charge in [0.2, 0.25) is 0 Å². The van der Waals surface area contributed by atoms with Crippen molar-refractivity contribution >= 4 is 50.6 Å². The molecule has 1 aromatic heterocycles. The number of furan rings is 1. The fraction of sp³-hybridized carbons (Fsp3) is 0. The predicted molar refractivity (Wildman–Crippen MR) is 90.4 cm³/mol. The van der Waals surface area contributed by atoms with Crippen LogP contribution in [0.4, 0.5) is 0 Å². The van der Waals surface area contributed by atoms with E-state index >= 15 is 0 Å². The second-order valence-electron chi connectivity index (χ2n) is 4.51. The van der Waals surface area contributed by atoms with Gasteiger partial charge in [0.1, 0.15) is 5.58 Å². The standard InChI is InChI=1S/C16H10BrClN2O2/c17-13-4-2-1-3-10(13)9-19-20-16(21)15-8-11-7-12(18)5-6-14(11)22-15/h1-9H,(H,20,21)/b19-9+. The summed E-state index contributed by atoms with van der Waals surface area (Å²) in [6, 6.07) is 14.4. The minimum atomic E-state index is -0.421. The van der Waals surface area contributed by atoms with Crippen LogP contribution < -0.4 is 5.43 Å². The van der Waals surface area contributed by atoms with Crippen LogP contribution >= 0.6 is 27.5 Å². The van der Waals surface area contributed by atoms with Crippen molar-refractivity contribution in [2.24, 2.45) is 5.10 Å². The number of nitrogens with one attached hydrogen (secondary N) is 1. The first kappa shape index (κ1) is 14.8. The van der Waals surface area contributed by atoms with Gasteiger partial charge in [-0.1, -0.05) is 45.7 Å². The van der Waals surface area contributed by atoms with Crippen LogP contribution in [0.2, 0.25) is 5.02 Å². The summed E-state index contributed by atoms with van der Waals surface area (Å²) in [7, 11) is 0. The minimum Gasteiger partial charge on any atom is -0.451 e. The van der Waals surface area contributed by atoms with Gasteiger partial charge in [-0.15, -0.1) is 0 Å². The monoisotopic (exact) mass is 376 g/mol. The van der Waals surface area contributed by atoms with Gasteiger partial charge in [-0.3, -0.25) is 4.79 Å². The van der Waals surface area contributed by atoms with Gasteiger partial charge in [0, 0.05) is 20.4 Å². The zero-order chi connectivity index (χ0) is 15.5. The number of rotatable bonds is 3. The maximum atomic E-state index is 12.0. The Labute approximate surface area is 139 Å². The molecule has 3 rings (SSSR count). The summed E-state index contributed by atoms with van der Waals surface area (Å²) < 4.78 is 6.35. The highest BCUT2D eigenvalue weighted by atomic mass is 79.9. The number of amides is 1. The van der Waals surface area contributed by atoms with E-state index in [2.05, 4.69) is 26.5 Å². The van der Waals surface area contributed by atoms with Crippen LogP contribution in [-0.2, 0) is 0 Å². The fourth-order valence-electron chi connectivity index (χ4n) is 1.92. The summed E-state index contributed by atoms with van der Waals surface area (Å²) in [5, 5.41) is 5.29. The lowest BCUT2D eigenvalue weighted by atomic mass is 10.2. The molecule has 0 fully saturated rings. The Hall–Kier alpha value is -2.11. The molecule has 22 heavy (non-hydrogen) atoms. The van der Waals surface area contributed by atoms with Crippen LogP contribution in [-0.4, -0.2) is 12.1 Å². The van der Waals surface area contributed by atoms with Crippen LogP contribution in [0.5, 0.6) is 0 Å². The molecular weight excluding hydrogens is 368 g/mol. The van der Waals surface area contributed by atoms with E-state index in [0.717, 1.165) is 15.4 Å². The molecule has 0 aliphatic heterocycles. The zero-order valence-electron chi connectivity index (χ0n) is 11.2. The highest BCUT2D eigenvalue weighted by molar-refractivity contribution is 9.10. The van der Waals surface area contributed by atoms with Gasteiger partial charge in [0.15, 0.2) is 5.76 Å². The summed E-state index contributed by atoms with van der Waals surface area (Å²) in [5.41, 5.74) is 3.89. The van der Waals surface area contributed by atoms with Crippen molar-refractivity contribution < 1.29 is 9.21 Å². The molecule has 6 heteroatoms. The molecule has 4 nitrogen and oxygen atoms in total. The minimum absolute atomic E-state index is 0.182. The van der Waals surface area contributed by atoms with E-state index in [1.807, 2.05) is 24.3 Å². The molecule has 2 aromatic carbocycles. The summed E-state index contributed by atoms with van der Waals surface area (Å²) in [6.07, 6.45) is 1.56. The van der Waals surface area contributed by atoms with E-state index in [1.165, 1.54) is 0 Å². The van der Waals surface area contributed by atoms with E-state index in [9.17, 15) is 4.79 Å². The highest BCUT2D eigenvalue weighted by Gasteiger charge is 2.11. The van der Waals surface area contributed by atoms with E-state index in [4.69, 9.17) is 16.0 Å². The number of fused-ring (bicyclic) bond motifs is 1. The van der Waals surface area contributed by atoms with Crippen molar-refractivity contribution in [2.75, 3.05) is 0 Å². The molecule has 1 N–H and O–H groups in total. The third-order valence-electron chi connectivity index (χ3n) is 2.98. The first-order valence-corrected chi connectivity index (χ1v) is 7.57. The number of hydrogen-bond donors (Lipinski definition) is 1. The van der Waals surface area contributed by atoms with Gasteiger partial charge in [0.05, 0.1) is 6.21 Å². The predicted octanol–water partition coefficient (Wildman–Crippen LogP) is 4.61. The number of nitrogens with zero attached hydrogens (tertiary/aromatic N) is 1. The molecule has 0 radical (unpaired) electrons. The number of hydrogen-bond acceptors (Lipinski definition) is 3. The lowest BCUT2D eigenvalue weighted by molar-refractivity contribution is 0.0929. The van der Waals surface area contributed by atoms with Crippen LogP contribution in [0.1, 0.15) is 16.1 Å².